The molecule has 1 amide bonds. The van der Waals surface area contributed by atoms with Crippen molar-refractivity contribution in [2.75, 3.05) is 0 Å². The number of carbonyl (C=O) groups excluding carboxylic acids is 1. The van der Waals surface area contributed by atoms with Crippen molar-refractivity contribution in [3.63, 3.8) is 0 Å². The van der Waals surface area contributed by atoms with Crippen LogP contribution in [-0.2, 0) is 6.67 Å². The first kappa shape index (κ1) is 13.6. The lowest BCUT2D eigenvalue weighted by Crippen LogP contribution is -2.30. The molecule has 0 aliphatic heterocycles. The monoisotopic (exact) mass is 282 g/mol. The zero-order valence-electron chi connectivity index (χ0n) is 10.9. The number of aryl methyl sites for hydroxylation is 2. The van der Waals surface area contributed by atoms with Gasteiger partial charge in [0.05, 0.1) is 16.4 Å². The van der Waals surface area contributed by atoms with E-state index < -0.39 is 5.91 Å². The molecule has 0 fully saturated rings. The van der Waals surface area contributed by atoms with Crippen LogP contribution in [0.1, 0.15) is 27.6 Å². The quantitative estimate of drug-likeness (QED) is 0.494. The molecule has 0 unspecified atom stereocenters. The van der Waals surface area contributed by atoms with Gasteiger partial charge in [0.15, 0.2) is 5.69 Å². The Labute approximate surface area is 115 Å². The highest BCUT2D eigenvalue weighted by Crippen LogP contribution is 2.19. The van der Waals surface area contributed by atoms with Gasteiger partial charge >= 0.3 is 0 Å². The van der Waals surface area contributed by atoms with Crippen molar-refractivity contribution in [2.24, 2.45) is 5.84 Å². The van der Waals surface area contributed by atoms with E-state index in [1.807, 2.05) is 20.8 Å². The molecule has 3 N–H and O–H groups in total. The van der Waals surface area contributed by atoms with E-state index in [2.05, 4.69) is 15.6 Å². The number of nitrogen functional groups attached to an aromatic ring is 1. The number of nitrogens with zero attached hydrogens (tertiary/aromatic N) is 4. The summed E-state index contributed by atoms with van der Waals surface area (Å²) in [5, 5.41) is 9.14. The summed E-state index contributed by atoms with van der Waals surface area (Å²) in [4.78, 5) is 11.4. The van der Waals surface area contributed by atoms with Crippen molar-refractivity contribution in [3.05, 3.63) is 33.9 Å². The number of rotatable bonds is 3. The number of carbonyl (C=O) groups is 1. The van der Waals surface area contributed by atoms with Crippen molar-refractivity contribution in [2.45, 2.75) is 27.4 Å². The predicted molar refractivity (Wildman–Crippen MR) is 70.7 cm³/mol. The Balaban J connectivity index is 2.31. The lowest BCUT2D eigenvalue weighted by atomic mass is 10.3. The van der Waals surface area contributed by atoms with Crippen molar-refractivity contribution in [1.29, 1.82) is 0 Å². The van der Waals surface area contributed by atoms with Crippen molar-refractivity contribution >= 4 is 17.5 Å². The van der Waals surface area contributed by atoms with Gasteiger partial charge in [-0.2, -0.15) is 10.2 Å². The molecule has 2 aromatic heterocycles. The summed E-state index contributed by atoms with van der Waals surface area (Å²) in [6.07, 6.45) is 0. The van der Waals surface area contributed by atoms with Crippen LogP contribution in [0.4, 0.5) is 0 Å². The van der Waals surface area contributed by atoms with Crippen molar-refractivity contribution in [3.8, 4) is 0 Å². The SMILES string of the molecule is Cc1nn(Cn2nc(C(=O)NN)cc2C)c(C)c1Cl. The molecule has 0 radical (unpaired) electrons. The topological polar surface area (TPSA) is 90.8 Å². The highest BCUT2D eigenvalue weighted by atomic mass is 35.5. The zero-order valence-corrected chi connectivity index (χ0v) is 11.7. The van der Waals surface area contributed by atoms with Crippen LogP contribution in [0.25, 0.3) is 0 Å². The first-order valence-electron chi connectivity index (χ1n) is 5.69. The number of nitrogens with one attached hydrogen (secondary N) is 1. The second kappa shape index (κ2) is 5.02. The fourth-order valence-electron chi connectivity index (χ4n) is 1.78. The van der Waals surface area contributed by atoms with Gasteiger partial charge in [-0.15, -0.1) is 0 Å². The van der Waals surface area contributed by atoms with E-state index in [9.17, 15) is 4.79 Å². The van der Waals surface area contributed by atoms with Crippen LogP contribution in [0.2, 0.25) is 5.02 Å². The summed E-state index contributed by atoms with van der Waals surface area (Å²) in [7, 11) is 0. The van der Waals surface area contributed by atoms with Crippen LogP contribution in [0.5, 0.6) is 0 Å². The van der Waals surface area contributed by atoms with Crippen LogP contribution in [-0.4, -0.2) is 25.5 Å². The van der Waals surface area contributed by atoms with Crippen LogP contribution >= 0.6 is 11.6 Å². The maximum absolute atomic E-state index is 11.4. The smallest absolute Gasteiger partial charge is 0.285 e. The van der Waals surface area contributed by atoms with E-state index in [0.29, 0.717) is 11.7 Å². The van der Waals surface area contributed by atoms with Gasteiger partial charge in [0.2, 0.25) is 0 Å². The zero-order chi connectivity index (χ0) is 14.2. The van der Waals surface area contributed by atoms with E-state index >= 15 is 0 Å². The van der Waals surface area contributed by atoms with E-state index in [4.69, 9.17) is 17.4 Å². The predicted octanol–water partition coefficient (Wildman–Crippen LogP) is 0.768. The number of hydrogen-bond donors (Lipinski definition) is 2. The van der Waals surface area contributed by atoms with Gasteiger partial charge in [0.1, 0.15) is 6.67 Å². The number of hydrogen-bond acceptors (Lipinski definition) is 4. The Morgan fingerprint density at radius 1 is 1.37 bits per heavy atom. The highest BCUT2D eigenvalue weighted by Gasteiger charge is 2.14. The van der Waals surface area contributed by atoms with E-state index in [1.54, 1.807) is 15.4 Å². The summed E-state index contributed by atoms with van der Waals surface area (Å²) in [6, 6.07) is 1.66. The van der Waals surface area contributed by atoms with E-state index in [-0.39, 0.29) is 5.69 Å². The summed E-state index contributed by atoms with van der Waals surface area (Å²) >= 11 is 6.09. The Hall–Kier alpha value is -1.86. The first-order valence-corrected chi connectivity index (χ1v) is 6.06. The Morgan fingerprint density at radius 2 is 2.05 bits per heavy atom. The fraction of sp³-hybridized carbons (Fsp3) is 0.364. The number of aromatic nitrogens is 4. The average Bonchev–Trinajstić information content (AvgIpc) is 2.86. The molecule has 7 nitrogen and oxygen atoms in total. The molecule has 8 heteroatoms. The van der Waals surface area contributed by atoms with E-state index in [1.165, 1.54) is 0 Å². The summed E-state index contributed by atoms with van der Waals surface area (Å²) < 4.78 is 3.40. The lowest BCUT2D eigenvalue weighted by Gasteiger charge is -2.06. The molecule has 102 valence electrons. The van der Waals surface area contributed by atoms with Gasteiger partial charge in [-0.25, -0.2) is 15.2 Å². The number of nitrogens with two attached hydrogens (primary N) is 1. The molecule has 0 aromatic carbocycles. The first-order chi connectivity index (χ1) is 8.93. The van der Waals surface area contributed by atoms with Crippen LogP contribution in [0, 0.1) is 20.8 Å². The molecule has 0 saturated heterocycles. The lowest BCUT2D eigenvalue weighted by molar-refractivity contribution is 0.0947. The van der Waals surface area contributed by atoms with Gasteiger partial charge in [-0.05, 0) is 26.8 Å². The highest BCUT2D eigenvalue weighted by molar-refractivity contribution is 6.31. The molecule has 0 atom stereocenters. The largest absolute Gasteiger partial charge is 0.289 e. The Bertz CT molecular complexity index is 629. The minimum Gasteiger partial charge on any atom is -0.289 e. The fourth-order valence-corrected chi connectivity index (χ4v) is 1.91. The molecular formula is C11H15ClN6O. The second-order valence-corrected chi connectivity index (χ2v) is 4.65. The number of halogens is 1. The normalized spacial score (nSPS) is 10.8. The molecule has 0 aliphatic rings. The molecule has 19 heavy (non-hydrogen) atoms. The third kappa shape index (κ3) is 2.47. The third-order valence-corrected chi connectivity index (χ3v) is 3.45. The van der Waals surface area contributed by atoms with Crippen molar-refractivity contribution in [1.82, 2.24) is 25.0 Å². The van der Waals surface area contributed by atoms with E-state index in [0.717, 1.165) is 17.1 Å². The number of hydrazine groups is 1. The second-order valence-electron chi connectivity index (χ2n) is 4.27. The van der Waals surface area contributed by atoms with Crippen LogP contribution < -0.4 is 11.3 Å². The standard InChI is InChI=1S/C11H15ClN6O/c1-6-4-9(11(19)14-13)16-17(6)5-18-8(3)10(12)7(2)15-18/h4H,5,13H2,1-3H3,(H,14,19). The van der Waals surface area contributed by atoms with Gasteiger partial charge in [-0.1, -0.05) is 11.6 Å². The molecule has 0 spiro atoms. The molecule has 0 saturated carbocycles. The maximum Gasteiger partial charge on any atom is 0.285 e. The maximum atomic E-state index is 11.4. The molecule has 2 heterocycles. The van der Waals surface area contributed by atoms with Gasteiger partial charge < -0.3 is 0 Å². The minimum absolute atomic E-state index is 0.271. The molecule has 0 bridgehead atoms. The minimum atomic E-state index is -0.423. The Kier molecular flexibility index (Phi) is 3.59. The summed E-state index contributed by atoms with van der Waals surface area (Å²) in [5.41, 5.74) is 4.79. The molecule has 2 rings (SSSR count). The summed E-state index contributed by atoms with van der Waals surface area (Å²) in [6.45, 7) is 5.97. The van der Waals surface area contributed by atoms with Gasteiger partial charge in [-0.3, -0.25) is 10.2 Å². The van der Waals surface area contributed by atoms with Crippen LogP contribution in [0.15, 0.2) is 6.07 Å². The number of amides is 1. The van der Waals surface area contributed by atoms with Gasteiger partial charge in [0.25, 0.3) is 5.91 Å². The van der Waals surface area contributed by atoms with Crippen molar-refractivity contribution < 1.29 is 4.79 Å². The van der Waals surface area contributed by atoms with Gasteiger partial charge in [0, 0.05) is 5.69 Å². The third-order valence-electron chi connectivity index (χ3n) is 2.91. The molecular weight excluding hydrogens is 268 g/mol. The van der Waals surface area contributed by atoms with Crippen LogP contribution in [0.3, 0.4) is 0 Å². The molecule has 0 aliphatic carbocycles. The Morgan fingerprint density at radius 3 is 2.58 bits per heavy atom. The molecule has 2 aromatic rings. The average molecular weight is 283 g/mol. The summed E-state index contributed by atoms with van der Waals surface area (Å²) in [5.74, 6) is 4.66.